The number of hydrogen-bond acceptors (Lipinski definition) is 8. The number of ether oxygens (including phenoxy) is 4. The number of carbonyl (C=O) groups is 1. The first kappa shape index (κ1) is 29.2. The van der Waals surface area contributed by atoms with Gasteiger partial charge in [-0.3, -0.25) is 0 Å². The van der Waals surface area contributed by atoms with E-state index in [4.69, 9.17) is 29.7 Å². The Morgan fingerprint density at radius 1 is 1.10 bits per heavy atom. The lowest BCUT2D eigenvalue weighted by Crippen LogP contribution is -2.46. The minimum Gasteiger partial charge on any atom is -0.461 e. The van der Waals surface area contributed by atoms with Gasteiger partial charge in [-0.25, -0.2) is 14.2 Å². The van der Waals surface area contributed by atoms with Crippen LogP contribution >= 0.6 is 15.9 Å². The summed E-state index contributed by atoms with van der Waals surface area (Å²) in [6.45, 7) is 1.16. The number of nitrogens with two attached hydrogens (primary N) is 1. The molecule has 218 valence electrons. The quantitative estimate of drug-likeness (QED) is 0.184. The van der Waals surface area contributed by atoms with Gasteiger partial charge in [-0.2, -0.15) is 9.61 Å². The van der Waals surface area contributed by atoms with E-state index in [1.165, 1.54) is 12.1 Å². The van der Waals surface area contributed by atoms with Crippen LogP contribution in [0.4, 0.5) is 10.2 Å². The Morgan fingerprint density at radius 3 is 2.51 bits per heavy atom. The zero-order chi connectivity index (χ0) is 29.0. The molecule has 12 heteroatoms. The fraction of sp³-hybridized carbons (Fsp3) is 0.414. The van der Waals surface area contributed by atoms with Gasteiger partial charge >= 0.3 is 5.97 Å². The third-order valence-electron chi connectivity index (χ3n) is 7.52. The number of fused-ring (bicyclic) bond motifs is 1. The van der Waals surface area contributed by atoms with E-state index in [1.54, 1.807) is 37.1 Å². The van der Waals surface area contributed by atoms with Gasteiger partial charge in [0.05, 0.1) is 36.2 Å². The second-order valence-electron chi connectivity index (χ2n) is 10.0. The molecule has 4 aromatic rings. The van der Waals surface area contributed by atoms with Gasteiger partial charge in [-0.05, 0) is 71.9 Å². The van der Waals surface area contributed by atoms with E-state index in [9.17, 15) is 9.18 Å². The lowest BCUT2D eigenvalue weighted by atomic mass is 9.77. The number of anilines is 1. The highest BCUT2D eigenvalue weighted by molar-refractivity contribution is 9.10. The molecule has 0 saturated heterocycles. The van der Waals surface area contributed by atoms with E-state index < -0.39 is 5.60 Å². The first-order chi connectivity index (χ1) is 19.9. The first-order valence-corrected chi connectivity index (χ1v) is 14.2. The molecule has 0 bridgehead atoms. The fourth-order valence-corrected chi connectivity index (χ4v) is 5.83. The van der Waals surface area contributed by atoms with Crippen LogP contribution in [0, 0.1) is 5.82 Å². The molecule has 0 spiro atoms. The molecule has 1 fully saturated rings. The van der Waals surface area contributed by atoms with Gasteiger partial charge < -0.3 is 29.2 Å². The molecule has 5 rings (SSSR count). The topological polar surface area (TPSA) is 115 Å². The average molecular weight is 631 g/mol. The number of nitrogens with zero attached hydrogens (tertiary/aromatic N) is 4. The zero-order valence-electron chi connectivity index (χ0n) is 23.0. The largest absolute Gasteiger partial charge is 0.461 e. The molecular formula is C29H33BrFN5O5. The summed E-state index contributed by atoms with van der Waals surface area (Å²) in [6, 6.07) is 8.25. The van der Waals surface area contributed by atoms with Crippen molar-refractivity contribution >= 4 is 33.4 Å². The van der Waals surface area contributed by atoms with Gasteiger partial charge in [0.15, 0.2) is 11.2 Å². The Bertz CT molecular complexity index is 1500. The SMILES string of the molecule is COCCOC(=O)[C@]1(OCCOC)CC[C@H](c2nc3c(-c4ccn(-c5ccc(F)cc5)c4)cnn3c(N)c2Br)CC1. The van der Waals surface area contributed by atoms with E-state index in [0.29, 0.717) is 54.8 Å². The van der Waals surface area contributed by atoms with Crippen molar-refractivity contribution in [1.29, 1.82) is 0 Å². The molecule has 0 radical (unpaired) electrons. The van der Waals surface area contributed by atoms with Crippen LogP contribution in [0.15, 0.2) is 53.4 Å². The number of methoxy groups -OCH3 is 2. The number of rotatable bonds is 11. The van der Waals surface area contributed by atoms with E-state index >= 15 is 0 Å². The molecule has 2 N–H and O–H groups in total. The summed E-state index contributed by atoms with van der Waals surface area (Å²) in [5.74, 6) is -0.184. The van der Waals surface area contributed by atoms with Crippen LogP contribution in [0.3, 0.4) is 0 Å². The molecule has 0 atom stereocenters. The smallest absolute Gasteiger partial charge is 0.338 e. The van der Waals surface area contributed by atoms with E-state index in [1.807, 2.05) is 23.0 Å². The highest BCUT2D eigenvalue weighted by atomic mass is 79.9. The third-order valence-corrected chi connectivity index (χ3v) is 8.33. The van der Waals surface area contributed by atoms with E-state index in [0.717, 1.165) is 22.5 Å². The third kappa shape index (κ3) is 6.01. The fourth-order valence-electron chi connectivity index (χ4n) is 5.25. The van der Waals surface area contributed by atoms with Gasteiger partial charge in [-0.1, -0.05) is 0 Å². The maximum atomic E-state index is 13.4. The molecule has 3 heterocycles. The minimum atomic E-state index is -1.05. The number of hydrogen-bond donors (Lipinski definition) is 1. The summed E-state index contributed by atoms with van der Waals surface area (Å²) in [7, 11) is 3.15. The number of halogens is 2. The second kappa shape index (κ2) is 12.7. The second-order valence-corrected chi connectivity index (χ2v) is 10.8. The zero-order valence-corrected chi connectivity index (χ0v) is 24.6. The summed E-state index contributed by atoms with van der Waals surface area (Å²) < 4.78 is 39.3. The molecule has 10 nitrogen and oxygen atoms in total. The summed E-state index contributed by atoms with van der Waals surface area (Å²) in [6.07, 6.45) is 7.84. The van der Waals surface area contributed by atoms with Crippen LogP contribution in [0.5, 0.6) is 0 Å². The monoisotopic (exact) mass is 629 g/mol. The standard InChI is InChI=1S/C29H33BrFN5O5/c1-38-13-15-40-28(37)29(41-16-14-39-2)10-7-19(8-11-29)25-24(30)26(32)36-27(34-25)23(17-33-36)20-9-12-35(18-20)22-5-3-21(31)4-6-22/h3-6,9,12,17-19H,7-8,10-11,13-16,32H2,1-2H3/t19-,29-. The van der Waals surface area contributed by atoms with Gasteiger partial charge in [0.25, 0.3) is 0 Å². The first-order valence-electron chi connectivity index (χ1n) is 13.4. The van der Waals surface area contributed by atoms with Crippen molar-refractivity contribution in [2.24, 2.45) is 0 Å². The summed E-state index contributed by atoms with van der Waals surface area (Å²) in [5.41, 5.74) is 9.48. The molecule has 0 unspecified atom stereocenters. The van der Waals surface area contributed by atoms with Crippen LogP contribution in [-0.2, 0) is 23.7 Å². The number of carbonyl (C=O) groups excluding carboxylic acids is 1. The Hall–Kier alpha value is -3.32. The average Bonchev–Trinajstić information content (AvgIpc) is 3.64. The van der Waals surface area contributed by atoms with Crippen molar-refractivity contribution in [1.82, 2.24) is 19.2 Å². The van der Waals surface area contributed by atoms with Crippen molar-refractivity contribution in [3.05, 3.63) is 64.9 Å². The Balaban J connectivity index is 1.40. The Labute approximate surface area is 245 Å². The maximum Gasteiger partial charge on any atom is 0.338 e. The van der Waals surface area contributed by atoms with E-state index in [-0.39, 0.29) is 30.9 Å². The van der Waals surface area contributed by atoms with Gasteiger partial charge in [0, 0.05) is 49.3 Å². The normalized spacial score (nSPS) is 19.1. The molecule has 41 heavy (non-hydrogen) atoms. The summed E-state index contributed by atoms with van der Waals surface area (Å²) in [5, 5.41) is 4.50. The summed E-state index contributed by atoms with van der Waals surface area (Å²) >= 11 is 3.66. The van der Waals surface area contributed by atoms with Gasteiger partial charge in [-0.15, -0.1) is 0 Å². The maximum absolute atomic E-state index is 13.4. The predicted octanol–water partition coefficient (Wildman–Crippen LogP) is 4.92. The Morgan fingerprint density at radius 2 is 1.80 bits per heavy atom. The number of aromatic nitrogens is 4. The lowest BCUT2D eigenvalue weighted by Gasteiger charge is -2.38. The molecule has 0 amide bonds. The molecule has 3 aromatic heterocycles. The number of nitrogen functional groups attached to an aromatic ring is 1. The van der Waals surface area contributed by atoms with Crippen LogP contribution in [0.2, 0.25) is 0 Å². The predicted molar refractivity (Wildman–Crippen MR) is 154 cm³/mol. The lowest BCUT2D eigenvalue weighted by molar-refractivity contribution is -0.180. The van der Waals surface area contributed by atoms with Crippen molar-refractivity contribution in [3.8, 4) is 16.8 Å². The Kier molecular flexibility index (Phi) is 9.03. The van der Waals surface area contributed by atoms with E-state index in [2.05, 4.69) is 21.0 Å². The molecule has 1 aliphatic carbocycles. The van der Waals surface area contributed by atoms with Crippen molar-refractivity contribution < 1.29 is 28.1 Å². The molecular weight excluding hydrogens is 597 g/mol. The van der Waals surface area contributed by atoms with Crippen LogP contribution in [0.25, 0.3) is 22.5 Å². The van der Waals surface area contributed by atoms with Crippen LogP contribution in [-0.4, -0.2) is 71.4 Å². The summed E-state index contributed by atoms with van der Waals surface area (Å²) in [4.78, 5) is 18.1. The highest BCUT2D eigenvalue weighted by Gasteiger charge is 2.45. The molecule has 1 saturated carbocycles. The van der Waals surface area contributed by atoms with Crippen molar-refractivity contribution in [2.45, 2.75) is 37.2 Å². The van der Waals surface area contributed by atoms with Crippen molar-refractivity contribution in [3.63, 3.8) is 0 Å². The molecule has 1 aromatic carbocycles. The van der Waals surface area contributed by atoms with Crippen molar-refractivity contribution in [2.75, 3.05) is 46.4 Å². The highest BCUT2D eigenvalue weighted by Crippen LogP contribution is 2.44. The minimum absolute atomic E-state index is 0.0363. The van der Waals surface area contributed by atoms with Gasteiger partial charge in [0.2, 0.25) is 0 Å². The molecule has 0 aliphatic heterocycles. The number of esters is 1. The molecule has 1 aliphatic rings. The van der Waals surface area contributed by atoms with Crippen LogP contribution in [0.1, 0.15) is 37.3 Å². The van der Waals surface area contributed by atoms with Gasteiger partial charge in [0.1, 0.15) is 18.2 Å². The number of benzene rings is 1. The van der Waals surface area contributed by atoms with Crippen LogP contribution < -0.4 is 5.73 Å².